The zero-order chi connectivity index (χ0) is 23.3. The first-order valence-electron chi connectivity index (χ1n) is 11.7. The second-order valence-corrected chi connectivity index (χ2v) is 11.7. The third kappa shape index (κ3) is 4.53. The van der Waals surface area contributed by atoms with Crippen molar-refractivity contribution < 1.29 is 0 Å². The van der Waals surface area contributed by atoms with Gasteiger partial charge in [0.2, 0.25) is 0 Å². The molecular formula is C29H28N3PS. The van der Waals surface area contributed by atoms with Crippen LogP contribution in [0.15, 0.2) is 114 Å². The lowest BCUT2D eigenvalue weighted by Gasteiger charge is -2.24. The van der Waals surface area contributed by atoms with Crippen molar-refractivity contribution in [3.63, 3.8) is 0 Å². The molecule has 0 amide bonds. The van der Waals surface area contributed by atoms with E-state index in [0.29, 0.717) is 0 Å². The standard InChI is InChI=1S/C29H28N3PS/c1-3-34-27-21-13-20-26(27)22(2)32-29(28(30-31-32)23-14-7-4-8-15-23)33(24-16-9-5-10-17-24)25-18-11-6-12-19-25/h4-20,22H,3,21H2,1-2H3/t22-/m0/s1. The molecule has 0 saturated heterocycles. The minimum atomic E-state index is -0.859. The Morgan fingerprint density at radius 1 is 0.882 bits per heavy atom. The lowest BCUT2D eigenvalue weighted by atomic mass is 10.1. The summed E-state index contributed by atoms with van der Waals surface area (Å²) in [6.07, 6.45) is 5.57. The molecule has 0 aliphatic heterocycles. The van der Waals surface area contributed by atoms with Crippen LogP contribution in [0.5, 0.6) is 0 Å². The fraction of sp³-hybridized carbons (Fsp3) is 0.172. The molecule has 0 fully saturated rings. The largest absolute Gasteiger partial charge is 0.236 e. The molecule has 5 heteroatoms. The number of hydrogen-bond acceptors (Lipinski definition) is 3. The van der Waals surface area contributed by atoms with Gasteiger partial charge in [-0.2, -0.15) is 0 Å². The molecule has 1 aromatic heterocycles. The summed E-state index contributed by atoms with van der Waals surface area (Å²) in [7, 11) is -0.859. The molecule has 170 valence electrons. The Hall–Kier alpha value is -2.94. The lowest BCUT2D eigenvalue weighted by molar-refractivity contribution is 0.554. The first kappa shape index (κ1) is 22.8. The maximum absolute atomic E-state index is 4.81. The van der Waals surface area contributed by atoms with Crippen molar-refractivity contribution in [2.24, 2.45) is 0 Å². The highest BCUT2D eigenvalue weighted by atomic mass is 32.2. The Balaban J connectivity index is 1.74. The third-order valence-corrected chi connectivity index (χ3v) is 9.52. The first-order chi connectivity index (χ1) is 16.8. The molecule has 4 aromatic rings. The molecule has 0 bridgehead atoms. The summed E-state index contributed by atoms with van der Waals surface area (Å²) in [5.74, 6) is 1.08. The Bertz CT molecular complexity index is 1260. The van der Waals surface area contributed by atoms with E-state index in [1.54, 1.807) is 0 Å². The molecule has 1 atom stereocenters. The predicted octanol–water partition coefficient (Wildman–Crippen LogP) is 6.23. The average molecular weight is 482 g/mol. The highest BCUT2D eigenvalue weighted by Crippen LogP contribution is 2.40. The van der Waals surface area contributed by atoms with Crippen LogP contribution in [0.1, 0.15) is 26.3 Å². The van der Waals surface area contributed by atoms with Gasteiger partial charge in [-0.1, -0.05) is 115 Å². The molecular weight excluding hydrogens is 453 g/mol. The SMILES string of the molecule is CCSC1=C([C@H](C)n2nnc(-c3ccccc3)c2P(c2ccccc2)c2ccccc2)C=CC1. The number of thioether (sulfide) groups is 1. The summed E-state index contributed by atoms with van der Waals surface area (Å²) in [6, 6.07) is 32.2. The van der Waals surface area contributed by atoms with Gasteiger partial charge in [0.15, 0.2) is 0 Å². The van der Waals surface area contributed by atoms with Crippen LogP contribution >= 0.6 is 19.7 Å². The number of rotatable bonds is 8. The summed E-state index contributed by atoms with van der Waals surface area (Å²) >= 11 is 1.94. The summed E-state index contributed by atoms with van der Waals surface area (Å²) in [4.78, 5) is 1.45. The monoisotopic (exact) mass is 481 g/mol. The van der Waals surface area contributed by atoms with Crippen LogP contribution in [-0.4, -0.2) is 20.7 Å². The zero-order valence-electron chi connectivity index (χ0n) is 19.5. The molecule has 0 saturated carbocycles. The smallest absolute Gasteiger partial charge is 0.121 e. The van der Waals surface area contributed by atoms with Gasteiger partial charge in [-0.05, 0) is 40.2 Å². The molecule has 34 heavy (non-hydrogen) atoms. The van der Waals surface area contributed by atoms with Crippen LogP contribution < -0.4 is 16.0 Å². The number of hydrogen-bond donors (Lipinski definition) is 0. The maximum Gasteiger partial charge on any atom is 0.121 e. The van der Waals surface area contributed by atoms with Crippen LogP contribution in [0.2, 0.25) is 0 Å². The van der Waals surface area contributed by atoms with E-state index in [-0.39, 0.29) is 6.04 Å². The number of aromatic nitrogens is 3. The number of nitrogens with zero attached hydrogens (tertiary/aromatic N) is 3. The molecule has 3 nitrogen and oxygen atoms in total. The van der Waals surface area contributed by atoms with Gasteiger partial charge < -0.3 is 0 Å². The van der Waals surface area contributed by atoms with Crippen LogP contribution in [0.3, 0.4) is 0 Å². The van der Waals surface area contributed by atoms with Crippen LogP contribution in [0, 0.1) is 0 Å². The summed E-state index contributed by atoms with van der Waals surface area (Å²) < 4.78 is 2.19. The minimum absolute atomic E-state index is 0.102. The van der Waals surface area contributed by atoms with Gasteiger partial charge in [-0.3, -0.25) is 0 Å². The van der Waals surface area contributed by atoms with E-state index >= 15 is 0 Å². The maximum atomic E-state index is 4.81. The molecule has 5 rings (SSSR count). The van der Waals surface area contributed by atoms with E-state index in [0.717, 1.165) is 23.4 Å². The molecule has 0 spiro atoms. The van der Waals surface area contributed by atoms with Crippen molar-refractivity contribution >= 4 is 35.7 Å². The Morgan fingerprint density at radius 2 is 1.47 bits per heavy atom. The number of benzene rings is 3. The zero-order valence-corrected chi connectivity index (χ0v) is 21.2. The van der Waals surface area contributed by atoms with Crippen LogP contribution in [0.25, 0.3) is 11.3 Å². The van der Waals surface area contributed by atoms with Gasteiger partial charge in [0.1, 0.15) is 5.69 Å². The summed E-state index contributed by atoms with van der Waals surface area (Å²) in [6.45, 7) is 4.48. The molecule has 3 aromatic carbocycles. The molecule has 1 aliphatic carbocycles. The molecule has 0 unspecified atom stereocenters. The van der Waals surface area contributed by atoms with E-state index < -0.39 is 7.92 Å². The van der Waals surface area contributed by atoms with Crippen LogP contribution in [0.4, 0.5) is 0 Å². The normalized spacial score (nSPS) is 14.2. The summed E-state index contributed by atoms with van der Waals surface area (Å²) in [5.41, 5.74) is 4.63. The van der Waals surface area contributed by atoms with Gasteiger partial charge in [-0.15, -0.1) is 16.9 Å². The summed E-state index contributed by atoms with van der Waals surface area (Å²) in [5, 5.41) is 12.2. The molecule has 1 heterocycles. The molecule has 1 aliphatic rings. The van der Waals surface area contributed by atoms with Gasteiger partial charge in [0, 0.05) is 13.5 Å². The van der Waals surface area contributed by atoms with E-state index in [4.69, 9.17) is 10.3 Å². The quantitative estimate of drug-likeness (QED) is 0.280. The Kier molecular flexibility index (Phi) is 7.08. The van der Waals surface area contributed by atoms with Crippen molar-refractivity contribution in [1.82, 2.24) is 15.0 Å². The van der Waals surface area contributed by atoms with Gasteiger partial charge >= 0.3 is 0 Å². The van der Waals surface area contributed by atoms with E-state index in [2.05, 4.69) is 122 Å². The Morgan fingerprint density at radius 3 is 2.06 bits per heavy atom. The average Bonchev–Trinajstić information content (AvgIpc) is 3.54. The van der Waals surface area contributed by atoms with Crippen molar-refractivity contribution in [3.8, 4) is 11.3 Å². The second-order valence-electron chi connectivity index (χ2n) is 8.17. The highest BCUT2D eigenvalue weighted by Gasteiger charge is 2.30. The second kappa shape index (κ2) is 10.5. The fourth-order valence-electron chi connectivity index (χ4n) is 4.41. The first-order valence-corrected chi connectivity index (χ1v) is 14.0. The number of allylic oxidation sites excluding steroid dienone is 4. The van der Waals surface area contributed by atoms with E-state index in [9.17, 15) is 0 Å². The van der Waals surface area contributed by atoms with Gasteiger partial charge in [0.25, 0.3) is 0 Å². The van der Waals surface area contributed by atoms with Gasteiger partial charge in [0.05, 0.1) is 11.5 Å². The predicted molar refractivity (Wildman–Crippen MR) is 148 cm³/mol. The highest BCUT2D eigenvalue weighted by molar-refractivity contribution is 8.03. The van der Waals surface area contributed by atoms with Crippen molar-refractivity contribution in [2.75, 3.05) is 5.75 Å². The van der Waals surface area contributed by atoms with Gasteiger partial charge in [-0.25, -0.2) is 4.68 Å². The Labute approximate surface area is 207 Å². The van der Waals surface area contributed by atoms with E-state index in [1.165, 1.54) is 26.5 Å². The molecule has 0 radical (unpaired) electrons. The van der Waals surface area contributed by atoms with Crippen molar-refractivity contribution in [1.29, 1.82) is 0 Å². The third-order valence-electron chi connectivity index (χ3n) is 6.02. The van der Waals surface area contributed by atoms with Crippen LogP contribution in [-0.2, 0) is 0 Å². The van der Waals surface area contributed by atoms with E-state index in [1.807, 2.05) is 11.8 Å². The van der Waals surface area contributed by atoms with Crippen molar-refractivity contribution in [2.45, 2.75) is 26.3 Å². The minimum Gasteiger partial charge on any atom is -0.236 e. The lowest BCUT2D eigenvalue weighted by Crippen LogP contribution is -2.30. The molecule has 0 N–H and O–H groups in total. The topological polar surface area (TPSA) is 30.7 Å². The fourth-order valence-corrected chi connectivity index (χ4v) is 7.91. The van der Waals surface area contributed by atoms with Crippen molar-refractivity contribution in [3.05, 3.63) is 114 Å².